The Morgan fingerprint density at radius 2 is 1.78 bits per heavy atom. The largest absolute Gasteiger partial charge is 0.346 e. The fraction of sp³-hybridized carbons (Fsp3) is 0.533. The average Bonchev–Trinajstić information content (AvgIpc) is 2.94. The lowest BCUT2D eigenvalue weighted by Crippen LogP contribution is -2.38. The maximum Gasteiger partial charge on any atom is 0.223 e. The second-order valence-electron chi connectivity index (χ2n) is 5.56. The average molecular weight is 247 g/mol. The van der Waals surface area contributed by atoms with Gasteiger partial charge in [-0.3, -0.25) is 4.79 Å². The highest BCUT2D eigenvalue weighted by molar-refractivity contribution is 5.80. The quantitative estimate of drug-likeness (QED) is 0.873. The molecule has 0 heterocycles. The fourth-order valence-electron chi connectivity index (χ4n) is 2.91. The molecule has 0 atom stereocenters. The first-order chi connectivity index (χ1) is 8.70. The van der Waals surface area contributed by atoms with Crippen LogP contribution in [0.2, 0.25) is 0 Å². The molecule has 2 aliphatic rings. The molecule has 1 amide bonds. The lowest BCUT2D eigenvalue weighted by molar-refractivity contribution is -0.125. The van der Waals surface area contributed by atoms with Gasteiger partial charge >= 0.3 is 0 Å². The first kappa shape index (κ1) is 11.7. The minimum absolute atomic E-state index is 0.189. The van der Waals surface area contributed by atoms with E-state index in [1.165, 1.54) is 25.0 Å². The van der Waals surface area contributed by atoms with Crippen LogP contribution < -0.4 is 5.32 Å². The van der Waals surface area contributed by atoms with E-state index < -0.39 is 0 Å². The van der Waals surface area contributed by atoms with Gasteiger partial charge in [0.15, 0.2) is 0 Å². The summed E-state index contributed by atoms with van der Waals surface area (Å²) >= 11 is 0. The Labute approximate surface area is 107 Å². The van der Waals surface area contributed by atoms with Crippen molar-refractivity contribution in [2.24, 2.45) is 5.92 Å². The van der Waals surface area contributed by atoms with Crippen LogP contribution in [0.4, 0.5) is 4.39 Å². The predicted octanol–water partition coefficient (Wildman–Crippen LogP) is 3.12. The Hall–Kier alpha value is -1.38. The van der Waals surface area contributed by atoms with Crippen LogP contribution in [0.3, 0.4) is 0 Å². The van der Waals surface area contributed by atoms with Crippen molar-refractivity contribution in [2.45, 2.75) is 44.1 Å². The summed E-state index contributed by atoms with van der Waals surface area (Å²) in [5, 5.41) is 3.18. The minimum atomic E-state index is -0.225. The van der Waals surface area contributed by atoms with E-state index in [0.29, 0.717) is 0 Å². The minimum Gasteiger partial charge on any atom is -0.346 e. The molecule has 2 aliphatic carbocycles. The van der Waals surface area contributed by atoms with Crippen molar-refractivity contribution >= 4 is 5.91 Å². The van der Waals surface area contributed by atoms with Crippen molar-refractivity contribution < 1.29 is 9.18 Å². The topological polar surface area (TPSA) is 29.1 Å². The molecule has 2 fully saturated rings. The highest BCUT2D eigenvalue weighted by Crippen LogP contribution is 2.46. The Morgan fingerprint density at radius 1 is 1.17 bits per heavy atom. The van der Waals surface area contributed by atoms with Gasteiger partial charge in [0.1, 0.15) is 5.82 Å². The number of carbonyl (C=O) groups is 1. The van der Waals surface area contributed by atoms with Crippen molar-refractivity contribution in [2.75, 3.05) is 0 Å². The SMILES string of the molecule is O=C(NC1(c2ccc(F)cc2)CC1)C1CCCC1. The number of hydrogen-bond donors (Lipinski definition) is 1. The van der Waals surface area contributed by atoms with Crippen molar-refractivity contribution in [3.63, 3.8) is 0 Å². The van der Waals surface area contributed by atoms with Crippen LogP contribution in [-0.4, -0.2) is 5.91 Å². The molecule has 18 heavy (non-hydrogen) atoms. The summed E-state index contributed by atoms with van der Waals surface area (Å²) < 4.78 is 12.9. The van der Waals surface area contributed by atoms with Crippen LogP contribution in [0.15, 0.2) is 24.3 Å². The molecule has 0 aromatic heterocycles. The number of nitrogens with one attached hydrogen (secondary N) is 1. The molecule has 1 N–H and O–H groups in total. The zero-order valence-corrected chi connectivity index (χ0v) is 10.4. The molecule has 0 saturated heterocycles. The first-order valence-electron chi connectivity index (χ1n) is 6.78. The number of carbonyl (C=O) groups excluding carboxylic acids is 1. The molecule has 0 radical (unpaired) electrons. The van der Waals surface area contributed by atoms with E-state index in [1.807, 2.05) is 0 Å². The third-order valence-electron chi connectivity index (χ3n) is 4.24. The molecule has 0 unspecified atom stereocenters. The lowest BCUT2D eigenvalue weighted by Gasteiger charge is -2.20. The zero-order chi connectivity index (χ0) is 12.6. The van der Waals surface area contributed by atoms with Crippen molar-refractivity contribution in [1.29, 1.82) is 0 Å². The van der Waals surface area contributed by atoms with E-state index in [-0.39, 0.29) is 23.2 Å². The summed E-state index contributed by atoms with van der Waals surface area (Å²) in [6.07, 6.45) is 6.31. The number of rotatable bonds is 3. The Kier molecular flexibility index (Phi) is 2.84. The predicted molar refractivity (Wildman–Crippen MR) is 67.4 cm³/mol. The number of hydrogen-bond acceptors (Lipinski definition) is 1. The fourth-order valence-corrected chi connectivity index (χ4v) is 2.91. The van der Waals surface area contributed by atoms with Gasteiger partial charge in [-0.1, -0.05) is 25.0 Å². The van der Waals surface area contributed by atoms with Crippen molar-refractivity contribution in [1.82, 2.24) is 5.32 Å². The molecule has 1 aromatic carbocycles. The van der Waals surface area contributed by atoms with Crippen LogP contribution in [0.25, 0.3) is 0 Å². The van der Waals surface area contributed by atoms with Crippen LogP contribution in [0, 0.1) is 11.7 Å². The normalized spacial score (nSPS) is 21.8. The van der Waals surface area contributed by atoms with Gasteiger partial charge in [0, 0.05) is 5.92 Å². The van der Waals surface area contributed by atoms with Gasteiger partial charge in [0.05, 0.1) is 5.54 Å². The van der Waals surface area contributed by atoms with E-state index in [9.17, 15) is 9.18 Å². The van der Waals surface area contributed by atoms with Crippen molar-refractivity contribution in [3.8, 4) is 0 Å². The molecule has 3 rings (SSSR count). The van der Waals surface area contributed by atoms with E-state index >= 15 is 0 Å². The van der Waals surface area contributed by atoms with Gasteiger partial charge in [-0.15, -0.1) is 0 Å². The molecule has 2 nitrogen and oxygen atoms in total. The van der Waals surface area contributed by atoms with Gasteiger partial charge in [-0.05, 0) is 43.4 Å². The molecular formula is C15H18FNO. The molecule has 0 aliphatic heterocycles. The van der Waals surface area contributed by atoms with Crippen LogP contribution >= 0.6 is 0 Å². The number of benzene rings is 1. The molecular weight excluding hydrogens is 229 g/mol. The monoisotopic (exact) mass is 247 g/mol. The lowest BCUT2D eigenvalue weighted by atomic mass is 10.0. The van der Waals surface area contributed by atoms with Crippen LogP contribution in [0.5, 0.6) is 0 Å². The van der Waals surface area contributed by atoms with Gasteiger partial charge in [-0.25, -0.2) is 4.39 Å². The third kappa shape index (κ3) is 2.14. The molecule has 96 valence electrons. The van der Waals surface area contributed by atoms with E-state index in [1.54, 1.807) is 12.1 Å². The highest BCUT2D eigenvalue weighted by atomic mass is 19.1. The molecule has 0 bridgehead atoms. The van der Waals surface area contributed by atoms with E-state index in [0.717, 1.165) is 31.2 Å². The molecule has 1 aromatic rings. The molecule has 2 saturated carbocycles. The van der Waals surface area contributed by atoms with Gasteiger partial charge in [0.25, 0.3) is 0 Å². The summed E-state index contributed by atoms with van der Waals surface area (Å²) in [5.74, 6) is 0.161. The second kappa shape index (κ2) is 4.38. The third-order valence-corrected chi connectivity index (χ3v) is 4.24. The summed E-state index contributed by atoms with van der Waals surface area (Å²) in [6.45, 7) is 0. The Bertz CT molecular complexity index is 444. The molecule has 3 heteroatoms. The summed E-state index contributed by atoms with van der Waals surface area (Å²) in [6, 6.07) is 6.52. The Morgan fingerprint density at radius 3 is 2.33 bits per heavy atom. The summed E-state index contributed by atoms with van der Waals surface area (Å²) in [4.78, 5) is 12.2. The standard InChI is InChI=1S/C15H18FNO/c16-13-7-5-12(6-8-13)15(9-10-15)17-14(18)11-3-1-2-4-11/h5-8,11H,1-4,9-10H2,(H,17,18). The van der Waals surface area contributed by atoms with Crippen LogP contribution in [0.1, 0.15) is 44.1 Å². The summed E-state index contributed by atoms with van der Waals surface area (Å²) in [7, 11) is 0. The Balaban J connectivity index is 1.71. The van der Waals surface area contributed by atoms with Crippen molar-refractivity contribution in [3.05, 3.63) is 35.6 Å². The van der Waals surface area contributed by atoms with E-state index in [4.69, 9.17) is 0 Å². The maximum absolute atomic E-state index is 12.9. The highest BCUT2D eigenvalue weighted by Gasteiger charge is 2.46. The second-order valence-corrected chi connectivity index (χ2v) is 5.56. The van der Waals surface area contributed by atoms with Gasteiger partial charge in [-0.2, -0.15) is 0 Å². The first-order valence-corrected chi connectivity index (χ1v) is 6.78. The maximum atomic E-state index is 12.9. The van der Waals surface area contributed by atoms with E-state index in [2.05, 4.69) is 5.32 Å². The molecule has 0 spiro atoms. The number of halogens is 1. The smallest absolute Gasteiger partial charge is 0.223 e. The zero-order valence-electron chi connectivity index (χ0n) is 10.4. The summed E-state index contributed by atoms with van der Waals surface area (Å²) in [5.41, 5.74) is 0.836. The van der Waals surface area contributed by atoms with Crippen LogP contribution in [-0.2, 0) is 10.3 Å². The number of amides is 1. The van der Waals surface area contributed by atoms with Gasteiger partial charge in [0.2, 0.25) is 5.91 Å². The van der Waals surface area contributed by atoms with Gasteiger partial charge < -0.3 is 5.32 Å².